The van der Waals surface area contributed by atoms with Crippen LogP contribution in [0.1, 0.15) is 7.43 Å². The summed E-state index contributed by atoms with van der Waals surface area (Å²) in [4.78, 5) is 1.04. The van der Waals surface area contributed by atoms with Gasteiger partial charge in [-0.2, -0.15) is 0 Å². The van der Waals surface area contributed by atoms with E-state index in [-0.39, 0.29) is 40.0 Å². The first kappa shape index (κ1) is 16.1. The number of halogens is 1. The Labute approximate surface area is 61.1 Å². The molecule has 0 aliphatic rings. The van der Waals surface area contributed by atoms with Gasteiger partial charge >= 0.3 is 0 Å². The molecule has 5 heteroatoms. The van der Waals surface area contributed by atoms with Gasteiger partial charge in [-0.05, 0) is 0 Å². The van der Waals surface area contributed by atoms with Crippen LogP contribution in [-0.4, -0.2) is 40.4 Å². The molecule has 60 valence electrons. The van der Waals surface area contributed by atoms with Gasteiger partial charge in [0.2, 0.25) is 0 Å². The van der Waals surface area contributed by atoms with Crippen molar-refractivity contribution in [3.8, 4) is 0 Å². The molecular formula is C4H14ClNO3. The van der Waals surface area contributed by atoms with Gasteiger partial charge in [-0.3, -0.25) is 0 Å². The molecule has 0 atom stereocenters. The number of hydrogen-bond donors (Lipinski definition) is 3. The second-order valence-corrected chi connectivity index (χ2v) is 1.10. The highest BCUT2D eigenvalue weighted by molar-refractivity contribution is 5.85. The first-order valence-corrected chi connectivity index (χ1v) is 1.90. The minimum atomic E-state index is -0.312. The van der Waals surface area contributed by atoms with E-state index in [0.29, 0.717) is 0 Å². The maximum Gasteiger partial charge on any atom is 0.0993 e. The van der Waals surface area contributed by atoms with Crippen molar-refractivity contribution in [1.29, 1.82) is 0 Å². The highest BCUT2D eigenvalue weighted by Gasteiger charge is 1.93. The summed E-state index contributed by atoms with van der Waals surface area (Å²) in [6.07, 6.45) is 0. The number of rotatable bonds is 3. The van der Waals surface area contributed by atoms with Crippen molar-refractivity contribution in [3.05, 3.63) is 0 Å². The molecule has 0 bridgehead atoms. The van der Waals surface area contributed by atoms with E-state index in [1.807, 2.05) is 0 Å². The molecule has 0 spiro atoms. The van der Waals surface area contributed by atoms with Crippen LogP contribution in [0, 0.1) is 0 Å². The Morgan fingerprint density at radius 1 is 0.889 bits per heavy atom. The first-order chi connectivity index (χ1) is 3.35. The predicted octanol–water partition coefficient (Wildman–Crippen LogP) is -0.804. The molecule has 0 rings (SSSR count). The molecule has 0 aliphatic carbocycles. The van der Waals surface area contributed by atoms with Crippen LogP contribution in [0.5, 0.6) is 0 Å². The Kier molecular flexibility index (Phi) is 19.6. The lowest BCUT2D eigenvalue weighted by atomic mass is 10.9. The van der Waals surface area contributed by atoms with Crippen molar-refractivity contribution in [3.63, 3.8) is 0 Å². The Morgan fingerprint density at radius 3 is 1.11 bits per heavy atom. The molecule has 0 saturated carbocycles. The second-order valence-electron chi connectivity index (χ2n) is 1.10. The van der Waals surface area contributed by atoms with Crippen LogP contribution in [0.25, 0.3) is 0 Å². The van der Waals surface area contributed by atoms with E-state index in [1.165, 1.54) is 0 Å². The summed E-state index contributed by atoms with van der Waals surface area (Å²) in [6, 6.07) is 0. The fraction of sp³-hybridized carbons (Fsp3) is 1.00. The van der Waals surface area contributed by atoms with Crippen molar-refractivity contribution >= 4 is 12.4 Å². The fourth-order valence-electron chi connectivity index (χ4n) is 0.134. The molecule has 0 aromatic rings. The smallest absolute Gasteiger partial charge is 0.0993 e. The van der Waals surface area contributed by atoms with Gasteiger partial charge < -0.3 is 15.3 Å². The van der Waals surface area contributed by atoms with Crippen LogP contribution < -0.4 is 0 Å². The molecule has 0 aliphatic heterocycles. The van der Waals surface area contributed by atoms with Crippen molar-refractivity contribution < 1.29 is 15.3 Å². The molecular weight excluding hydrogens is 146 g/mol. The van der Waals surface area contributed by atoms with E-state index >= 15 is 0 Å². The van der Waals surface area contributed by atoms with Gasteiger partial charge in [0, 0.05) is 0 Å². The zero-order chi connectivity index (χ0) is 5.70. The summed E-state index contributed by atoms with van der Waals surface area (Å²) in [6.45, 7) is -0.938. The number of hydrogen-bond acceptors (Lipinski definition) is 4. The molecule has 0 amide bonds. The van der Waals surface area contributed by atoms with E-state index in [2.05, 4.69) is 0 Å². The molecule has 9 heavy (non-hydrogen) atoms. The lowest BCUT2D eigenvalue weighted by Gasteiger charge is -2.09. The van der Waals surface area contributed by atoms with Crippen LogP contribution in [0.15, 0.2) is 0 Å². The van der Waals surface area contributed by atoms with E-state index < -0.39 is 0 Å². The highest BCUT2D eigenvalue weighted by Crippen LogP contribution is 1.75. The van der Waals surface area contributed by atoms with Crippen LogP contribution in [0.2, 0.25) is 0 Å². The summed E-state index contributed by atoms with van der Waals surface area (Å²) < 4.78 is 0. The summed E-state index contributed by atoms with van der Waals surface area (Å²) >= 11 is 0. The average Bonchev–Trinajstić information content (AvgIpc) is 1.72. The van der Waals surface area contributed by atoms with Crippen molar-refractivity contribution in [2.75, 3.05) is 20.2 Å². The average molecular weight is 160 g/mol. The second kappa shape index (κ2) is 11.0. The molecule has 4 nitrogen and oxygen atoms in total. The van der Waals surface area contributed by atoms with Gasteiger partial charge in [0.25, 0.3) is 0 Å². The van der Waals surface area contributed by atoms with Crippen molar-refractivity contribution in [2.24, 2.45) is 0 Å². The topological polar surface area (TPSA) is 63.9 Å². The van der Waals surface area contributed by atoms with Crippen LogP contribution >= 0.6 is 12.4 Å². The maximum atomic E-state index is 8.13. The van der Waals surface area contributed by atoms with Crippen LogP contribution in [-0.2, 0) is 0 Å². The van der Waals surface area contributed by atoms with Gasteiger partial charge in [-0.25, -0.2) is 4.90 Å². The van der Waals surface area contributed by atoms with Crippen molar-refractivity contribution in [1.82, 2.24) is 4.90 Å². The summed E-state index contributed by atoms with van der Waals surface area (Å²) in [5, 5.41) is 24.4. The SMILES string of the molecule is C.Cl.OCN(CO)CO. The zero-order valence-corrected chi connectivity index (χ0v) is 5.13. The van der Waals surface area contributed by atoms with Gasteiger partial charge in [0.15, 0.2) is 0 Å². The monoisotopic (exact) mass is 159 g/mol. The molecule has 0 heterocycles. The molecule has 0 radical (unpaired) electrons. The molecule has 0 aromatic heterocycles. The molecule has 3 N–H and O–H groups in total. The van der Waals surface area contributed by atoms with Crippen molar-refractivity contribution in [2.45, 2.75) is 7.43 Å². The number of aliphatic hydroxyl groups excluding tert-OH is 3. The number of aliphatic hydroxyl groups is 3. The summed E-state index contributed by atoms with van der Waals surface area (Å²) in [7, 11) is 0. The highest BCUT2D eigenvalue weighted by atomic mass is 35.5. The molecule has 0 saturated heterocycles. The summed E-state index contributed by atoms with van der Waals surface area (Å²) in [5.41, 5.74) is 0. The van der Waals surface area contributed by atoms with E-state index in [1.54, 1.807) is 0 Å². The zero-order valence-electron chi connectivity index (χ0n) is 4.32. The van der Waals surface area contributed by atoms with E-state index in [4.69, 9.17) is 15.3 Å². The van der Waals surface area contributed by atoms with E-state index in [0.717, 1.165) is 4.90 Å². The van der Waals surface area contributed by atoms with Gasteiger partial charge in [0.05, 0.1) is 20.2 Å². The third kappa shape index (κ3) is 8.13. The Hall–Kier alpha value is 0.130. The summed E-state index contributed by atoms with van der Waals surface area (Å²) in [5.74, 6) is 0. The largest absolute Gasteiger partial charge is 0.381 e. The minimum absolute atomic E-state index is 0. The lowest BCUT2D eigenvalue weighted by Crippen LogP contribution is -2.26. The third-order valence-electron chi connectivity index (χ3n) is 0.600. The number of nitrogens with zero attached hydrogens (tertiary/aromatic N) is 1. The standard InChI is InChI=1S/C3H9NO3.CH4.ClH/c5-1-4(2-6)3-7;;/h5-7H,1-3H2;1H4;1H. The first-order valence-electron chi connectivity index (χ1n) is 1.90. The predicted molar refractivity (Wildman–Crippen MR) is 37.1 cm³/mol. The van der Waals surface area contributed by atoms with Gasteiger partial charge in [-0.1, -0.05) is 7.43 Å². The Morgan fingerprint density at radius 2 is 1.11 bits per heavy atom. The minimum Gasteiger partial charge on any atom is -0.381 e. The van der Waals surface area contributed by atoms with Crippen LogP contribution in [0.4, 0.5) is 0 Å². The van der Waals surface area contributed by atoms with Gasteiger partial charge in [0.1, 0.15) is 0 Å². The third-order valence-corrected chi connectivity index (χ3v) is 0.600. The Bertz CT molecular complexity index is 37.3. The quantitative estimate of drug-likeness (QED) is 0.472. The molecule has 0 unspecified atom stereocenters. The molecule has 0 aromatic carbocycles. The normalized spacial score (nSPS) is 8.00. The van der Waals surface area contributed by atoms with Crippen LogP contribution in [0.3, 0.4) is 0 Å². The molecule has 0 fully saturated rings. The maximum absolute atomic E-state index is 8.13. The Balaban J connectivity index is -0.000000180. The van der Waals surface area contributed by atoms with E-state index in [9.17, 15) is 0 Å². The lowest BCUT2D eigenvalue weighted by molar-refractivity contribution is -0.0268. The fourth-order valence-corrected chi connectivity index (χ4v) is 0.134. The van der Waals surface area contributed by atoms with Gasteiger partial charge in [-0.15, -0.1) is 12.4 Å².